The van der Waals surface area contributed by atoms with Gasteiger partial charge in [-0.1, -0.05) is 15.9 Å². The highest BCUT2D eigenvalue weighted by atomic mass is 79.9. The van der Waals surface area contributed by atoms with Gasteiger partial charge in [-0.3, -0.25) is 10.1 Å². The Hall–Kier alpha value is -2.15. The van der Waals surface area contributed by atoms with Crippen molar-refractivity contribution in [2.24, 2.45) is 0 Å². The number of anilines is 1. The molecule has 0 radical (unpaired) electrons. The summed E-state index contributed by atoms with van der Waals surface area (Å²) in [4.78, 5) is 9.93. The first-order valence-electron chi connectivity index (χ1n) is 6.01. The molecule has 2 aromatic carbocycles. The molecule has 0 aliphatic heterocycles. The summed E-state index contributed by atoms with van der Waals surface area (Å²) in [5.74, 6) is 0.00573. The van der Waals surface area contributed by atoms with Gasteiger partial charge < -0.3 is 10.1 Å². The van der Waals surface area contributed by atoms with E-state index >= 15 is 0 Å². The fourth-order valence-corrected chi connectivity index (χ4v) is 2.25. The van der Waals surface area contributed by atoms with Gasteiger partial charge in [0.1, 0.15) is 5.75 Å². The summed E-state index contributed by atoms with van der Waals surface area (Å²) in [6, 6.07) is 8.99. The summed E-state index contributed by atoms with van der Waals surface area (Å²) < 4.78 is 19.9. The Balaban J connectivity index is 2.17. The lowest BCUT2D eigenvalue weighted by Gasteiger charge is -2.11. The molecule has 2 aromatic rings. The van der Waals surface area contributed by atoms with Crippen LogP contribution in [0.1, 0.15) is 5.56 Å². The first-order chi connectivity index (χ1) is 10.0. The molecule has 0 saturated carbocycles. The molecule has 110 valence electrons. The number of hydrogen-bond acceptors (Lipinski definition) is 4. The summed E-state index contributed by atoms with van der Waals surface area (Å²) in [7, 11) is 1.55. The molecule has 0 unspecified atom stereocenters. The van der Waals surface area contributed by atoms with E-state index in [4.69, 9.17) is 4.74 Å². The molecule has 0 aromatic heterocycles. The number of halogens is 2. The standard InChI is InChI=1S/C14H12BrFN2O3/c1-21-14-5-2-10(15)6-9(14)8-17-13-4-3-11(18(19)20)7-12(13)16/h2-7,17H,8H2,1H3. The monoisotopic (exact) mass is 354 g/mol. The fourth-order valence-electron chi connectivity index (χ4n) is 1.84. The molecule has 5 nitrogen and oxygen atoms in total. The average molecular weight is 355 g/mol. The van der Waals surface area contributed by atoms with E-state index in [1.807, 2.05) is 12.1 Å². The normalized spacial score (nSPS) is 10.2. The molecule has 2 rings (SSSR count). The molecule has 0 atom stereocenters. The molecule has 0 fully saturated rings. The molecule has 0 heterocycles. The number of rotatable bonds is 5. The van der Waals surface area contributed by atoms with Gasteiger partial charge in [0.2, 0.25) is 0 Å². The molecular weight excluding hydrogens is 343 g/mol. The third-order valence-electron chi connectivity index (χ3n) is 2.88. The molecule has 0 amide bonds. The Kier molecular flexibility index (Phi) is 4.74. The van der Waals surface area contributed by atoms with Crippen LogP contribution in [0, 0.1) is 15.9 Å². The van der Waals surface area contributed by atoms with E-state index in [-0.39, 0.29) is 11.4 Å². The van der Waals surface area contributed by atoms with Gasteiger partial charge in [0.05, 0.1) is 23.8 Å². The van der Waals surface area contributed by atoms with Crippen molar-refractivity contribution in [2.75, 3.05) is 12.4 Å². The Labute approximate surface area is 129 Å². The Morgan fingerprint density at radius 3 is 2.71 bits per heavy atom. The van der Waals surface area contributed by atoms with Crippen molar-refractivity contribution in [2.45, 2.75) is 6.54 Å². The lowest BCUT2D eigenvalue weighted by Crippen LogP contribution is -2.04. The van der Waals surface area contributed by atoms with Crippen LogP contribution >= 0.6 is 15.9 Å². The van der Waals surface area contributed by atoms with E-state index in [9.17, 15) is 14.5 Å². The van der Waals surface area contributed by atoms with Gasteiger partial charge in [0.25, 0.3) is 5.69 Å². The van der Waals surface area contributed by atoms with Gasteiger partial charge >= 0.3 is 0 Å². The second-order valence-electron chi connectivity index (χ2n) is 4.23. The van der Waals surface area contributed by atoms with E-state index in [2.05, 4.69) is 21.2 Å². The zero-order chi connectivity index (χ0) is 15.4. The number of nitro benzene ring substituents is 1. The smallest absolute Gasteiger partial charge is 0.272 e. The van der Waals surface area contributed by atoms with E-state index in [0.29, 0.717) is 12.3 Å². The molecule has 0 aliphatic rings. The van der Waals surface area contributed by atoms with E-state index in [0.717, 1.165) is 16.1 Å². The molecule has 1 N–H and O–H groups in total. The summed E-state index contributed by atoms with van der Waals surface area (Å²) >= 11 is 3.36. The molecule has 7 heteroatoms. The second kappa shape index (κ2) is 6.53. The van der Waals surface area contributed by atoms with Crippen molar-refractivity contribution in [1.82, 2.24) is 0 Å². The van der Waals surface area contributed by atoms with Crippen molar-refractivity contribution in [3.05, 3.63) is 62.4 Å². The number of benzene rings is 2. The maximum atomic E-state index is 13.8. The molecular formula is C14H12BrFN2O3. The van der Waals surface area contributed by atoms with Crippen molar-refractivity contribution < 1.29 is 14.1 Å². The summed E-state index contributed by atoms with van der Waals surface area (Å²) in [5.41, 5.74) is 0.755. The van der Waals surface area contributed by atoms with Crippen molar-refractivity contribution in [1.29, 1.82) is 0 Å². The minimum atomic E-state index is -0.668. The van der Waals surface area contributed by atoms with Crippen LogP contribution in [0.4, 0.5) is 15.8 Å². The Morgan fingerprint density at radius 2 is 2.10 bits per heavy atom. The summed E-state index contributed by atoms with van der Waals surface area (Å²) in [6.07, 6.45) is 0. The minimum Gasteiger partial charge on any atom is -0.496 e. The zero-order valence-corrected chi connectivity index (χ0v) is 12.7. The molecule has 0 bridgehead atoms. The predicted molar refractivity (Wildman–Crippen MR) is 81.1 cm³/mol. The Morgan fingerprint density at radius 1 is 1.33 bits per heavy atom. The lowest BCUT2D eigenvalue weighted by molar-refractivity contribution is -0.385. The van der Waals surface area contributed by atoms with Crippen LogP contribution in [0.25, 0.3) is 0 Å². The van der Waals surface area contributed by atoms with Gasteiger partial charge in [-0.2, -0.15) is 0 Å². The Bertz CT molecular complexity index is 679. The topological polar surface area (TPSA) is 64.4 Å². The first-order valence-corrected chi connectivity index (χ1v) is 6.81. The second-order valence-corrected chi connectivity index (χ2v) is 5.15. The predicted octanol–water partition coefficient (Wildman–Crippen LogP) is 4.12. The molecule has 0 spiro atoms. The number of nitrogens with one attached hydrogen (secondary N) is 1. The quantitative estimate of drug-likeness (QED) is 0.647. The largest absolute Gasteiger partial charge is 0.496 e. The number of methoxy groups -OCH3 is 1. The van der Waals surface area contributed by atoms with Crippen LogP contribution in [0.3, 0.4) is 0 Å². The highest BCUT2D eigenvalue weighted by molar-refractivity contribution is 9.10. The molecule has 0 aliphatic carbocycles. The maximum absolute atomic E-state index is 13.8. The van der Waals surface area contributed by atoms with E-state index in [1.165, 1.54) is 12.1 Å². The number of non-ortho nitro benzene ring substituents is 1. The molecule has 21 heavy (non-hydrogen) atoms. The van der Waals surface area contributed by atoms with Gasteiger partial charge in [-0.05, 0) is 24.3 Å². The number of hydrogen-bond donors (Lipinski definition) is 1. The van der Waals surface area contributed by atoms with Crippen LogP contribution in [0.15, 0.2) is 40.9 Å². The van der Waals surface area contributed by atoms with Gasteiger partial charge in [-0.25, -0.2) is 4.39 Å². The highest BCUT2D eigenvalue weighted by Crippen LogP contribution is 2.25. The van der Waals surface area contributed by atoms with Crippen LogP contribution in [-0.4, -0.2) is 12.0 Å². The zero-order valence-electron chi connectivity index (χ0n) is 11.1. The first kappa shape index (κ1) is 15.2. The van der Waals surface area contributed by atoms with E-state index in [1.54, 1.807) is 13.2 Å². The summed E-state index contributed by atoms with van der Waals surface area (Å²) in [6.45, 7) is 0.331. The van der Waals surface area contributed by atoms with Crippen LogP contribution in [0.2, 0.25) is 0 Å². The highest BCUT2D eigenvalue weighted by Gasteiger charge is 2.11. The van der Waals surface area contributed by atoms with Gasteiger partial charge in [-0.15, -0.1) is 0 Å². The maximum Gasteiger partial charge on any atom is 0.272 e. The molecule has 0 saturated heterocycles. The van der Waals surface area contributed by atoms with Crippen molar-refractivity contribution >= 4 is 27.3 Å². The lowest BCUT2D eigenvalue weighted by atomic mass is 10.2. The van der Waals surface area contributed by atoms with E-state index < -0.39 is 10.7 Å². The van der Waals surface area contributed by atoms with Crippen molar-refractivity contribution in [3.8, 4) is 5.75 Å². The fraction of sp³-hybridized carbons (Fsp3) is 0.143. The van der Waals surface area contributed by atoms with Gasteiger partial charge in [0, 0.05) is 22.6 Å². The van der Waals surface area contributed by atoms with Crippen LogP contribution in [-0.2, 0) is 6.54 Å². The van der Waals surface area contributed by atoms with Crippen LogP contribution < -0.4 is 10.1 Å². The average Bonchev–Trinajstić information content (AvgIpc) is 2.46. The minimum absolute atomic E-state index is 0.197. The SMILES string of the molecule is COc1ccc(Br)cc1CNc1ccc([N+](=O)[O-])cc1F. The third-order valence-corrected chi connectivity index (χ3v) is 3.37. The summed E-state index contributed by atoms with van der Waals surface area (Å²) in [5, 5.41) is 13.5. The number of ether oxygens (including phenoxy) is 1. The number of nitro groups is 1. The third kappa shape index (κ3) is 3.69. The van der Waals surface area contributed by atoms with Crippen LogP contribution in [0.5, 0.6) is 5.75 Å². The van der Waals surface area contributed by atoms with Gasteiger partial charge in [0.15, 0.2) is 5.82 Å². The number of nitrogens with zero attached hydrogens (tertiary/aromatic N) is 1. The van der Waals surface area contributed by atoms with Crippen molar-refractivity contribution in [3.63, 3.8) is 0 Å².